The molecule has 0 saturated heterocycles. The van der Waals surface area contributed by atoms with Crippen molar-refractivity contribution in [2.75, 3.05) is 23.9 Å². The van der Waals surface area contributed by atoms with E-state index in [2.05, 4.69) is 10.3 Å². The molecule has 2 aromatic rings. The maximum absolute atomic E-state index is 11.9. The summed E-state index contributed by atoms with van der Waals surface area (Å²) in [6.07, 6.45) is 2.20. The molecule has 1 amide bonds. The van der Waals surface area contributed by atoms with Gasteiger partial charge in [-0.2, -0.15) is 11.8 Å². The topological polar surface area (TPSA) is 77.2 Å². The molecular formula is C16H21Cl2N3O2S. The van der Waals surface area contributed by atoms with Gasteiger partial charge < -0.3 is 15.8 Å². The molecule has 132 valence electrons. The molecule has 1 aromatic heterocycles. The third-order valence-electron chi connectivity index (χ3n) is 2.98. The predicted octanol–water partition coefficient (Wildman–Crippen LogP) is 3.78. The lowest BCUT2D eigenvalue weighted by atomic mass is 10.2. The van der Waals surface area contributed by atoms with E-state index >= 15 is 0 Å². The van der Waals surface area contributed by atoms with E-state index in [0.717, 1.165) is 17.2 Å². The molecule has 0 aliphatic rings. The van der Waals surface area contributed by atoms with Crippen molar-refractivity contribution >= 4 is 53.9 Å². The number of rotatable bonds is 7. The van der Waals surface area contributed by atoms with Crippen LogP contribution >= 0.6 is 36.6 Å². The van der Waals surface area contributed by atoms with Gasteiger partial charge in [-0.15, -0.1) is 24.8 Å². The first-order valence-electron chi connectivity index (χ1n) is 6.90. The summed E-state index contributed by atoms with van der Waals surface area (Å²) in [5.41, 5.74) is 7.96. The fraction of sp³-hybridized carbons (Fsp3) is 0.250. The highest BCUT2D eigenvalue weighted by atomic mass is 35.5. The summed E-state index contributed by atoms with van der Waals surface area (Å²) in [6.45, 7) is 0. The summed E-state index contributed by atoms with van der Waals surface area (Å²) in [4.78, 5) is 16.2. The summed E-state index contributed by atoms with van der Waals surface area (Å²) < 4.78 is 5.12. The fourth-order valence-electron chi connectivity index (χ4n) is 1.81. The third kappa shape index (κ3) is 7.29. The quantitative estimate of drug-likeness (QED) is 0.556. The molecule has 0 aliphatic heterocycles. The van der Waals surface area contributed by atoms with E-state index in [4.69, 9.17) is 10.5 Å². The molecule has 0 spiro atoms. The molecule has 5 nitrogen and oxygen atoms in total. The molecule has 2 rings (SSSR count). The van der Waals surface area contributed by atoms with Crippen LogP contribution in [0.1, 0.15) is 12.1 Å². The largest absolute Gasteiger partial charge is 0.497 e. The highest BCUT2D eigenvalue weighted by Gasteiger charge is 2.07. The van der Waals surface area contributed by atoms with E-state index in [0.29, 0.717) is 23.5 Å². The number of nitrogens with two attached hydrogens (primary N) is 1. The number of ether oxygens (including phenoxy) is 1. The van der Waals surface area contributed by atoms with E-state index in [9.17, 15) is 4.79 Å². The molecule has 0 saturated carbocycles. The number of nitrogens with one attached hydrogen (secondary N) is 1. The maximum Gasteiger partial charge on any atom is 0.225 e. The number of carbonyl (C=O) groups is 1. The van der Waals surface area contributed by atoms with Crippen LogP contribution in [0, 0.1) is 0 Å². The van der Waals surface area contributed by atoms with Crippen LogP contribution in [0.4, 0.5) is 11.4 Å². The zero-order chi connectivity index (χ0) is 15.8. The van der Waals surface area contributed by atoms with Crippen molar-refractivity contribution in [3.05, 3.63) is 48.3 Å². The Morgan fingerprint density at radius 1 is 1.29 bits per heavy atom. The van der Waals surface area contributed by atoms with Crippen LogP contribution in [0.3, 0.4) is 0 Å². The minimum absolute atomic E-state index is 0. The first-order valence-corrected chi connectivity index (χ1v) is 8.05. The molecule has 0 bridgehead atoms. The molecule has 0 aliphatic carbocycles. The molecule has 0 unspecified atom stereocenters. The van der Waals surface area contributed by atoms with Crippen LogP contribution in [0.15, 0.2) is 42.6 Å². The number of aromatic nitrogens is 1. The molecule has 0 atom stereocenters. The van der Waals surface area contributed by atoms with E-state index in [1.54, 1.807) is 43.3 Å². The Hall–Kier alpha value is -1.63. The summed E-state index contributed by atoms with van der Waals surface area (Å²) in [7, 11) is 1.57. The number of nitrogen functional groups attached to an aromatic ring is 1. The van der Waals surface area contributed by atoms with Gasteiger partial charge in [0.2, 0.25) is 5.91 Å². The molecule has 0 radical (unpaired) electrons. The van der Waals surface area contributed by atoms with Gasteiger partial charge in [-0.3, -0.25) is 9.78 Å². The van der Waals surface area contributed by atoms with Crippen LogP contribution in [0.25, 0.3) is 0 Å². The number of hydrogen-bond acceptors (Lipinski definition) is 5. The van der Waals surface area contributed by atoms with Crippen LogP contribution in [0.5, 0.6) is 5.75 Å². The van der Waals surface area contributed by atoms with Crippen molar-refractivity contribution in [1.29, 1.82) is 0 Å². The number of thioether (sulfide) groups is 1. The van der Waals surface area contributed by atoms with Crippen molar-refractivity contribution in [3.63, 3.8) is 0 Å². The first kappa shape index (κ1) is 22.4. The van der Waals surface area contributed by atoms with Gasteiger partial charge in [0.1, 0.15) is 5.75 Å². The lowest BCUT2D eigenvalue weighted by molar-refractivity contribution is -0.115. The van der Waals surface area contributed by atoms with Gasteiger partial charge in [0.05, 0.1) is 24.2 Å². The number of benzene rings is 1. The Morgan fingerprint density at radius 3 is 2.75 bits per heavy atom. The summed E-state index contributed by atoms with van der Waals surface area (Å²) >= 11 is 1.68. The summed E-state index contributed by atoms with van der Waals surface area (Å²) in [6, 6.07) is 11.0. The SMILES string of the molecule is COc1ccc(N)c(NC(=O)CCSCc2ccccn2)c1.Cl.Cl. The Morgan fingerprint density at radius 2 is 2.08 bits per heavy atom. The van der Waals surface area contributed by atoms with Gasteiger partial charge in [-0.05, 0) is 24.3 Å². The Labute approximate surface area is 158 Å². The average Bonchev–Trinajstić information content (AvgIpc) is 2.54. The van der Waals surface area contributed by atoms with Crippen molar-refractivity contribution in [1.82, 2.24) is 4.98 Å². The number of amides is 1. The summed E-state index contributed by atoms with van der Waals surface area (Å²) in [5, 5.41) is 2.81. The Kier molecular flexibility index (Phi) is 11.0. The highest BCUT2D eigenvalue weighted by Crippen LogP contribution is 2.24. The second kappa shape index (κ2) is 11.8. The van der Waals surface area contributed by atoms with Gasteiger partial charge in [0.15, 0.2) is 0 Å². The third-order valence-corrected chi connectivity index (χ3v) is 3.98. The molecule has 24 heavy (non-hydrogen) atoms. The van der Waals surface area contributed by atoms with Gasteiger partial charge in [-0.25, -0.2) is 0 Å². The molecule has 1 aromatic carbocycles. The number of hydrogen-bond donors (Lipinski definition) is 2. The van der Waals surface area contributed by atoms with Gasteiger partial charge in [0.25, 0.3) is 0 Å². The zero-order valence-electron chi connectivity index (χ0n) is 13.2. The smallest absolute Gasteiger partial charge is 0.225 e. The monoisotopic (exact) mass is 389 g/mol. The van der Waals surface area contributed by atoms with Crippen LogP contribution < -0.4 is 15.8 Å². The van der Waals surface area contributed by atoms with Gasteiger partial charge in [-0.1, -0.05) is 6.07 Å². The second-order valence-corrected chi connectivity index (χ2v) is 5.73. The first-order chi connectivity index (χ1) is 10.7. The van der Waals surface area contributed by atoms with E-state index in [1.807, 2.05) is 18.2 Å². The Bertz CT molecular complexity index is 630. The Balaban J connectivity index is 0.00000264. The lowest BCUT2D eigenvalue weighted by Gasteiger charge is -2.10. The lowest BCUT2D eigenvalue weighted by Crippen LogP contribution is -2.13. The van der Waals surface area contributed by atoms with E-state index in [1.165, 1.54) is 0 Å². The van der Waals surface area contributed by atoms with Crippen LogP contribution in [-0.4, -0.2) is 23.8 Å². The molecular weight excluding hydrogens is 369 g/mol. The molecule has 1 heterocycles. The van der Waals surface area contributed by atoms with E-state index in [-0.39, 0.29) is 30.7 Å². The number of halogens is 2. The zero-order valence-corrected chi connectivity index (χ0v) is 15.7. The fourth-order valence-corrected chi connectivity index (χ4v) is 2.66. The maximum atomic E-state index is 11.9. The average molecular weight is 390 g/mol. The highest BCUT2D eigenvalue weighted by molar-refractivity contribution is 7.98. The van der Waals surface area contributed by atoms with Gasteiger partial charge in [0, 0.05) is 30.2 Å². The van der Waals surface area contributed by atoms with Crippen molar-refractivity contribution in [2.24, 2.45) is 0 Å². The number of carbonyl (C=O) groups excluding carboxylic acids is 1. The number of pyridine rings is 1. The number of anilines is 2. The number of methoxy groups -OCH3 is 1. The summed E-state index contributed by atoms with van der Waals surface area (Å²) in [5.74, 6) is 2.13. The standard InChI is InChI=1S/C16H19N3O2S.2ClH/c1-21-13-5-6-14(17)15(10-13)19-16(20)7-9-22-11-12-4-2-3-8-18-12;;/h2-6,8,10H,7,9,11,17H2,1H3,(H,19,20);2*1H. The minimum Gasteiger partial charge on any atom is -0.497 e. The van der Waals surface area contributed by atoms with Crippen molar-refractivity contribution < 1.29 is 9.53 Å². The van der Waals surface area contributed by atoms with Crippen LogP contribution in [-0.2, 0) is 10.5 Å². The molecule has 8 heteroatoms. The second-order valence-electron chi connectivity index (χ2n) is 4.63. The molecule has 3 N–H and O–H groups in total. The van der Waals surface area contributed by atoms with E-state index < -0.39 is 0 Å². The van der Waals surface area contributed by atoms with Crippen molar-refractivity contribution in [2.45, 2.75) is 12.2 Å². The van der Waals surface area contributed by atoms with Crippen LogP contribution in [0.2, 0.25) is 0 Å². The normalized spacial score (nSPS) is 9.38. The minimum atomic E-state index is -0.0616. The molecule has 0 fully saturated rings. The van der Waals surface area contributed by atoms with Crippen molar-refractivity contribution in [3.8, 4) is 5.75 Å². The number of nitrogens with zero attached hydrogens (tertiary/aromatic N) is 1. The van der Waals surface area contributed by atoms with Gasteiger partial charge >= 0.3 is 0 Å². The predicted molar refractivity (Wildman–Crippen MR) is 106 cm³/mol.